The van der Waals surface area contributed by atoms with Gasteiger partial charge in [-0.25, -0.2) is 0 Å². The lowest BCUT2D eigenvalue weighted by Gasteiger charge is -2.32. The summed E-state index contributed by atoms with van der Waals surface area (Å²) in [5.74, 6) is 0.0523. The van der Waals surface area contributed by atoms with Crippen LogP contribution in [-0.2, 0) is 17.6 Å². The number of morpholine rings is 1. The monoisotopic (exact) mass is 261 g/mol. The third-order valence-corrected chi connectivity index (χ3v) is 3.98. The molecule has 0 spiro atoms. The van der Waals surface area contributed by atoms with Crippen molar-refractivity contribution in [3.63, 3.8) is 0 Å². The highest BCUT2D eigenvalue weighted by molar-refractivity contribution is 5.94. The largest absolute Gasteiger partial charge is 0.394 e. The van der Waals surface area contributed by atoms with Crippen LogP contribution in [-0.4, -0.2) is 48.3 Å². The first-order valence-electron chi connectivity index (χ1n) is 6.91. The van der Waals surface area contributed by atoms with E-state index in [0.717, 1.165) is 18.4 Å². The third-order valence-electron chi connectivity index (χ3n) is 3.98. The normalized spacial score (nSPS) is 22.4. The van der Waals surface area contributed by atoms with Crippen molar-refractivity contribution in [1.82, 2.24) is 4.90 Å². The summed E-state index contributed by atoms with van der Waals surface area (Å²) in [6.07, 6.45) is 3.16. The molecule has 4 nitrogen and oxygen atoms in total. The molecule has 1 saturated heterocycles. The van der Waals surface area contributed by atoms with E-state index in [1.165, 1.54) is 17.5 Å². The van der Waals surface area contributed by atoms with Crippen molar-refractivity contribution >= 4 is 5.91 Å². The highest BCUT2D eigenvalue weighted by Crippen LogP contribution is 2.23. The number of hydrogen-bond donors (Lipinski definition) is 1. The van der Waals surface area contributed by atoms with E-state index in [0.29, 0.717) is 19.7 Å². The van der Waals surface area contributed by atoms with E-state index >= 15 is 0 Å². The van der Waals surface area contributed by atoms with Crippen LogP contribution >= 0.6 is 0 Å². The van der Waals surface area contributed by atoms with E-state index in [2.05, 4.69) is 6.07 Å². The number of aliphatic hydroxyl groups excluding tert-OH is 1. The van der Waals surface area contributed by atoms with Crippen LogP contribution in [0, 0.1) is 0 Å². The minimum absolute atomic E-state index is 0.0338. The van der Waals surface area contributed by atoms with Gasteiger partial charge in [0.2, 0.25) is 0 Å². The zero-order valence-corrected chi connectivity index (χ0v) is 11.0. The summed E-state index contributed by atoms with van der Waals surface area (Å²) in [6, 6.07) is 6.05. The summed E-state index contributed by atoms with van der Waals surface area (Å²) >= 11 is 0. The number of aryl methyl sites for hydroxylation is 2. The van der Waals surface area contributed by atoms with Crippen LogP contribution in [0.5, 0.6) is 0 Å². The molecule has 0 saturated carbocycles. The van der Waals surface area contributed by atoms with E-state index in [9.17, 15) is 4.79 Å². The first kappa shape index (κ1) is 12.6. The maximum atomic E-state index is 12.4. The molecule has 1 aliphatic carbocycles. The highest BCUT2D eigenvalue weighted by Gasteiger charge is 2.25. The second-order valence-electron chi connectivity index (χ2n) is 5.26. The van der Waals surface area contributed by atoms with Crippen LogP contribution in [0.2, 0.25) is 0 Å². The smallest absolute Gasteiger partial charge is 0.254 e. The molecule has 3 rings (SSSR count). The maximum absolute atomic E-state index is 12.4. The Labute approximate surface area is 113 Å². The van der Waals surface area contributed by atoms with Gasteiger partial charge in [0.25, 0.3) is 5.91 Å². The van der Waals surface area contributed by atoms with Crippen LogP contribution in [0.4, 0.5) is 0 Å². The Morgan fingerprint density at radius 3 is 3.05 bits per heavy atom. The lowest BCUT2D eigenvalue weighted by Crippen LogP contribution is -2.46. The number of hydrogen-bond acceptors (Lipinski definition) is 3. The lowest BCUT2D eigenvalue weighted by atomic mass is 10.1. The predicted octanol–water partition coefficient (Wildman–Crippen LogP) is 1.01. The van der Waals surface area contributed by atoms with Gasteiger partial charge >= 0.3 is 0 Å². The number of ether oxygens (including phenoxy) is 1. The van der Waals surface area contributed by atoms with Crippen LogP contribution < -0.4 is 0 Å². The van der Waals surface area contributed by atoms with E-state index in [4.69, 9.17) is 9.84 Å². The number of rotatable bonds is 2. The van der Waals surface area contributed by atoms with Gasteiger partial charge in [0, 0.05) is 18.7 Å². The van der Waals surface area contributed by atoms with Crippen molar-refractivity contribution in [2.75, 3.05) is 26.3 Å². The molecule has 0 aromatic heterocycles. The van der Waals surface area contributed by atoms with Gasteiger partial charge in [0.15, 0.2) is 0 Å². The minimum atomic E-state index is -0.243. The second-order valence-corrected chi connectivity index (χ2v) is 5.26. The number of aliphatic hydroxyl groups is 1. The van der Waals surface area contributed by atoms with Crippen LogP contribution in [0.3, 0.4) is 0 Å². The Balaban J connectivity index is 1.76. The molecule has 1 amide bonds. The molecule has 102 valence electrons. The topological polar surface area (TPSA) is 49.8 Å². The zero-order chi connectivity index (χ0) is 13.2. The second kappa shape index (κ2) is 5.31. The summed E-state index contributed by atoms with van der Waals surface area (Å²) in [4.78, 5) is 14.2. The fraction of sp³-hybridized carbons (Fsp3) is 0.533. The van der Waals surface area contributed by atoms with Crippen LogP contribution in [0.25, 0.3) is 0 Å². The van der Waals surface area contributed by atoms with Gasteiger partial charge < -0.3 is 14.7 Å². The molecule has 19 heavy (non-hydrogen) atoms. The molecule has 1 aromatic carbocycles. The molecule has 0 radical (unpaired) electrons. The summed E-state index contributed by atoms with van der Waals surface area (Å²) in [6.45, 7) is 1.55. The molecule has 1 aliphatic heterocycles. The van der Waals surface area contributed by atoms with Gasteiger partial charge in [-0.05, 0) is 42.5 Å². The molecule has 1 aromatic rings. The fourth-order valence-electron chi connectivity index (χ4n) is 2.90. The van der Waals surface area contributed by atoms with Crippen LogP contribution in [0.1, 0.15) is 27.9 Å². The zero-order valence-electron chi connectivity index (χ0n) is 11.0. The van der Waals surface area contributed by atoms with E-state index in [1.54, 1.807) is 4.90 Å². The van der Waals surface area contributed by atoms with E-state index in [-0.39, 0.29) is 18.6 Å². The molecule has 1 heterocycles. The number of nitrogens with zero attached hydrogens (tertiary/aromatic N) is 1. The molecule has 4 heteroatoms. The maximum Gasteiger partial charge on any atom is 0.254 e. The van der Waals surface area contributed by atoms with Gasteiger partial charge in [-0.2, -0.15) is 0 Å². The first-order chi connectivity index (χ1) is 9.28. The quantitative estimate of drug-likeness (QED) is 0.864. The Hall–Kier alpha value is -1.39. The average molecular weight is 261 g/mol. The average Bonchev–Trinajstić information content (AvgIpc) is 2.94. The summed E-state index contributed by atoms with van der Waals surface area (Å²) < 4.78 is 5.37. The molecule has 2 aliphatic rings. The van der Waals surface area contributed by atoms with Crippen molar-refractivity contribution in [2.45, 2.75) is 25.4 Å². The number of carbonyl (C=O) groups is 1. The Morgan fingerprint density at radius 2 is 2.21 bits per heavy atom. The SMILES string of the molecule is O=C(c1ccc2c(c1)CCC2)N1CCOC(CO)C1. The molecule has 1 unspecified atom stereocenters. The summed E-state index contributed by atoms with van der Waals surface area (Å²) in [5.41, 5.74) is 3.46. The fourth-order valence-corrected chi connectivity index (χ4v) is 2.90. The molecule has 1 N–H and O–H groups in total. The van der Waals surface area contributed by atoms with Crippen molar-refractivity contribution in [3.8, 4) is 0 Å². The van der Waals surface area contributed by atoms with Crippen LogP contribution in [0.15, 0.2) is 18.2 Å². The van der Waals surface area contributed by atoms with Gasteiger partial charge in [-0.15, -0.1) is 0 Å². The first-order valence-corrected chi connectivity index (χ1v) is 6.91. The molecule has 0 bridgehead atoms. The Bertz CT molecular complexity index is 486. The van der Waals surface area contributed by atoms with Gasteiger partial charge in [-0.1, -0.05) is 6.07 Å². The lowest BCUT2D eigenvalue weighted by molar-refractivity contribution is -0.0447. The van der Waals surface area contributed by atoms with Gasteiger partial charge in [0.05, 0.1) is 19.3 Å². The molecular formula is C15H19NO3. The molecular weight excluding hydrogens is 242 g/mol. The number of amides is 1. The number of fused-ring (bicyclic) bond motifs is 1. The standard InChI is InChI=1S/C15H19NO3/c17-10-14-9-16(6-7-19-14)15(18)13-5-4-11-2-1-3-12(11)8-13/h4-5,8,14,17H,1-3,6-7,9-10H2. The Morgan fingerprint density at radius 1 is 1.37 bits per heavy atom. The van der Waals surface area contributed by atoms with Crippen molar-refractivity contribution in [1.29, 1.82) is 0 Å². The van der Waals surface area contributed by atoms with Crippen molar-refractivity contribution in [2.24, 2.45) is 0 Å². The molecule has 1 fully saturated rings. The van der Waals surface area contributed by atoms with E-state index in [1.807, 2.05) is 12.1 Å². The molecule has 1 atom stereocenters. The minimum Gasteiger partial charge on any atom is -0.394 e. The number of carbonyl (C=O) groups excluding carboxylic acids is 1. The highest BCUT2D eigenvalue weighted by atomic mass is 16.5. The summed E-state index contributed by atoms with van der Waals surface area (Å²) in [5, 5.41) is 9.13. The number of benzene rings is 1. The van der Waals surface area contributed by atoms with Crippen molar-refractivity contribution in [3.05, 3.63) is 34.9 Å². The van der Waals surface area contributed by atoms with Crippen molar-refractivity contribution < 1.29 is 14.6 Å². The van der Waals surface area contributed by atoms with Gasteiger partial charge in [-0.3, -0.25) is 4.79 Å². The third kappa shape index (κ3) is 2.51. The summed E-state index contributed by atoms with van der Waals surface area (Å²) in [7, 11) is 0. The predicted molar refractivity (Wildman–Crippen MR) is 71.2 cm³/mol. The van der Waals surface area contributed by atoms with Gasteiger partial charge in [0.1, 0.15) is 0 Å². The Kier molecular flexibility index (Phi) is 3.53. The van der Waals surface area contributed by atoms with E-state index < -0.39 is 0 Å².